The first-order valence-electron chi connectivity index (χ1n) is 10.7. The number of hydrogen-bond acceptors (Lipinski definition) is 5. The van der Waals surface area contributed by atoms with Gasteiger partial charge in [-0.1, -0.05) is 19.3 Å². The van der Waals surface area contributed by atoms with E-state index in [-0.39, 0.29) is 24.0 Å². The molecule has 4 rings (SSSR count). The third-order valence-corrected chi connectivity index (χ3v) is 5.74. The molecule has 2 amide bonds. The van der Waals surface area contributed by atoms with Crippen molar-refractivity contribution in [3.05, 3.63) is 42.7 Å². The number of carbonyl (C=O) groups is 2. The molecule has 8 heteroatoms. The molecule has 1 aromatic heterocycles. The summed E-state index contributed by atoms with van der Waals surface area (Å²) in [5, 5.41) is 7.00. The molecule has 0 radical (unpaired) electrons. The number of nitrogens with one attached hydrogen (secondary N) is 1. The van der Waals surface area contributed by atoms with Gasteiger partial charge in [-0.05, 0) is 43.2 Å². The Labute approximate surface area is 176 Å². The quantitative estimate of drug-likeness (QED) is 0.812. The van der Waals surface area contributed by atoms with Gasteiger partial charge in [0.15, 0.2) is 0 Å². The molecule has 2 fully saturated rings. The fourth-order valence-electron chi connectivity index (χ4n) is 3.99. The van der Waals surface area contributed by atoms with Crippen LogP contribution in [0.25, 0.3) is 0 Å². The topological polar surface area (TPSA) is 85.7 Å². The van der Waals surface area contributed by atoms with Gasteiger partial charge in [-0.25, -0.2) is 4.79 Å². The van der Waals surface area contributed by atoms with E-state index >= 15 is 0 Å². The zero-order valence-corrected chi connectivity index (χ0v) is 17.0. The van der Waals surface area contributed by atoms with Crippen molar-refractivity contribution in [3.8, 4) is 5.75 Å². The van der Waals surface area contributed by atoms with Crippen LogP contribution in [0.15, 0.2) is 42.7 Å². The molecule has 1 aromatic carbocycles. The van der Waals surface area contributed by atoms with Crippen LogP contribution in [0.3, 0.4) is 0 Å². The summed E-state index contributed by atoms with van der Waals surface area (Å²) < 4.78 is 5.49. The molecule has 1 aliphatic carbocycles. The van der Waals surface area contributed by atoms with Gasteiger partial charge in [-0.3, -0.25) is 4.79 Å². The number of anilines is 1. The highest BCUT2D eigenvalue weighted by atomic mass is 16.7. The van der Waals surface area contributed by atoms with Crippen LogP contribution in [0.4, 0.5) is 10.5 Å². The van der Waals surface area contributed by atoms with Gasteiger partial charge >= 0.3 is 6.09 Å². The van der Waals surface area contributed by atoms with Crippen molar-refractivity contribution < 1.29 is 19.2 Å². The zero-order valence-electron chi connectivity index (χ0n) is 17.0. The van der Waals surface area contributed by atoms with Crippen LogP contribution in [-0.4, -0.2) is 46.0 Å². The number of benzene rings is 1. The van der Waals surface area contributed by atoms with Gasteiger partial charge in [0.1, 0.15) is 11.9 Å². The molecule has 1 saturated carbocycles. The summed E-state index contributed by atoms with van der Waals surface area (Å²) in [4.78, 5) is 33.6. The number of hydrogen-bond donors (Lipinski definition) is 1. The average molecular weight is 412 g/mol. The number of rotatable bonds is 5. The summed E-state index contributed by atoms with van der Waals surface area (Å²) >= 11 is 0. The predicted molar refractivity (Wildman–Crippen MR) is 111 cm³/mol. The Morgan fingerprint density at radius 3 is 2.40 bits per heavy atom. The van der Waals surface area contributed by atoms with Crippen molar-refractivity contribution in [2.45, 2.75) is 51.0 Å². The molecule has 1 saturated heterocycles. The molecule has 30 heavy (non-hydrogen) atoms. The minimum atomic E-state index is -0.369. The van der Waals surface area contributed by atoms with E-state index in [4.69, 9.17) is 9.57 Å². The van der Waals surface area contributed by atoms with E-state index in [9.17, 15) is 9.59 Å². The zero-order chi connectivity index (χ0) is 20.8. The van der Waals surface area contributed by atoms with Crippen LogP contribution in [0.2, 0.25) is 0 Å². The Morgan fingerprint density at radius 1 is 1.00 bits per heavy atom. The second kappa shape index (κ2) is 9.65. The highest BCUT2D eigenvalue weighted by molar-refractivity contribution is 5.92. The van der Waals surface area contributed by atoms with Crippen molar-refractivity contribution in [2.75, 3.05) is 18.4 Å². The second-order valence-corrected chi connectivity index (χ2v) is 7.92. The largest absolute Gasteiger partial charge is 0.415 e. The first-order chi connectivity index (χ1) is 14.7. The van der Waals surface area contributed by atoms with E-state index < -0.39 is 0 Å². The molecule has 2 heterocycles. The van der Waals surface area contributed by atoms with Gasteiger partial charge < -0.3 is 19.8 Å². The molecule has 160 valence electrons. The summed E-state index contributed by atoms with van der Waals surface area (Å²) in [5.74, 6) is 0.654. The summed E-state index contributed by atoms with van der Waals surface area (Å²) in [6.07, 6.45) is 9.92. The average Bonchev–Trinajstić information content (AvgIpc) is 3.29. The Morgan fingerprint density at radius 2 is 1.73 bits per heavy atom. The number of aromatic nitrogens is 2. The standard InChI is InChI=1S/C22H28N4O4/c27-21(17-5-2-1-3-6-17)24-18-7-9-19(10-8-18)29-22(28)25-15-11-20(12-16-25)30-26-14-4-13-23-26/h4,7-10,13-14,17,20H,1-3,5-6,11-12,15-16H2,(H,24,27). The lowest BCUT2D eigenvalue weighted by atomic mass is 9.88. The molecule has 0 bridgehead atoms. The molecule has 0 atom stereocenters. The SMILES string of the molecule is O=C(Nc1ccc(OC(=O)N2CCC(On3cccn3)CC2)cc1)C1CCCCC1. The monoisotopic (exact) mass is 412 g/mol. The van der Waals surface area contributed by atoms with Crippen LogP contribution in [0.1, 0.15) is 44.9 Å². The van der Waals surface area contributed by atoms with Crippen LogP contribution in [-0.2, 0) is 4.79 Å². The van der Waals surface area contributed by atoms with Crippen molar-refractivity contribution in [1.82, 2.24) is 14.8 Å². The van der Waals surface area contributed by atoms with Crippen LogP contribution in [0, 0.1) is 5.92 Å². The van der Waals surface area contributed by atoms with Gasteiger partial charge in [0.25, 0.3) is 0 Å². The van der Waals surface area contributed by atoms with Gasteiger partial charge in [-0.15, -0.1) is 9.94 Å². The molecule has 2 aromatic rings. The van der Waals surface area contributed by atoms with E-state index in [1.165, 1.54) is 11.3 Å². The number of nitrogens with zero attached hydrogens (tertiary/aromatic N) is 3. The Hall–Kier alpha value is -3.03. The van der Waals surface area contributed by atoms with Crippen molar-refractivity contribution >= 4 is 17.7 Å². The third kappa shape index (κ3) is 5.31. The number of likely N-dealkylation sites (tertiary alicyclic amines) is 1. The first-order valence-corrected chi connectivity index (χ1v) is 10.7. The van der Waals surface area contributed by atoms with Crippen LogP contribution < -0.4 is 14.9 Å². The second-order valence-electron chi connectivity index (χ2n) is 7.92. The van der Waals surface area contributed by atoms with E-state index in [1.54, 1.807) is 47.6 Å². The smallest absolute Gasteiger partial charge is 0.410 e. The van der Waals surface area contributed by atoms with E-state index in [0.29, 0.717) is 18.8 Å². The highest BCUT2D eigenvalue weighted by Crippen LogP contribution is 2.25. The lowest BCUT2D eigenvalue weighted by Gasteiger charge is -2.30. The fraction of sp³-hybridized carbons (Fsp3) is 0.500. The van der Waals surface area contributed by atoms with Crippen molar-refractivity contribution in [2.24, 2.45) is 5.92 Å². The Kier molecular flexibility index (Phi) is 6.51. The highest BCUT2D eigenvalue weighted by Gasteiger charge is 2.26. The molecule has 0 spiro atoms. The molecular formula is C22H28N4O4. The van der Waals surface area contributed by atoms with Gasteiger partial charge in [0, 0.05) is 37.5 Å². The summed E-state index contributed by atoms with van der Waals surface area (Å²) in [6.45, 7) is 1.14. The van der Waals surface area contributed by atoms with Crippen molar-refractivity contribution in [1.29, 1.82) is 0 Å². The lowest BCUT2D eigenvalue weighted by molar-refractivity contribution is -0.120. The van der Waals surface area contributed by atoms with Crippen molar-refractivity contribution in [3.63, 3.8) is 0 Å². The maximum absolute atomic E-state index is 12.4. The maximum Gasteiger partial charge on any atom is 0.415 e. The lowest BCUT2D eigenvalue weighted by Crippen LogP contribution is -2.44. The maximum atomic E-state index is 12.4. The summed E-state index contributed by atoms with van der Waals surface area (Å²) in [7, 11) is 0. The van der Waals surface area contributed by atoms with Gasteiger partial charge in [0.2, 0.25) is 5.91 Å². The third-order valence-electron chi connectivity index (χ3n) is 5.74. The van der Waals surface area contributed by atoms with E-state index in [0.717, 1.165) is 44.2 Å². The number of ether oxygens (including phenoxy) is 1. The van der Waals surface area contributed by atoms with E-state index in [1.807, 2.05) is 0 Å². The van der Waals surface area contributed by atoms with Gasteiger partial charge in [-0.2, -0.15) is 0 Å². The summed E-state index contributed by atoms with van der Waals surface area (Å²) in [5.41, 5.74) is 0.724. The molecule has 1 aliphatic heterocycles. The van der Waals surface area contributed by atoms with Gasteiger partial charge in [0.05, 0.1) is 12.4 Å². The number of amides is 2. The minimum absolute atomic E-state index is 0.0287. The van der Waals surface area contributed by atoms with E-state index in [2.05, 4.69) is 10.4 Å². The molecule has 0 unspecified atom stereocenters. The predicted octanol–water partition coefficient (Wildman–Crippen LogP) is 3.49. The number of carbonyl (C=O) groups excluding carboxylic acids is 2. The molecule has 1 N–H and O–H groups in total. The van der Waals surface area contributed by atoms with Crippen LogP contribution >= 0.6 is 0 Å². The molecule has 8 nitrogen and oxygen atoms in total. The molecule has 2 aliphatic rings. The fourth-order valence-corrected chi connectivity index (χ4v) is 3.99. The normalized spacial score (nSPS) is 18.1. The molecular weight excluding hydrogens is 384 g/mol. The summed E-state index contributed by atoms with van der Waals surface area (Å²) in [6, 6.07) is 8.77. The number of piperidine rings is 1. The minimum Gasteiger partial charge on any atom is -0.410 e. The Balaban J connectivity index is 1.22. The first kappa shape index (κ1) is 20.3. The Bertz CT molecular complexity index is 823. The van der Waals surface area contributed by atoms with Crippen LogP contribution in [0.5, 0.6) is 5.75 Å².